The Balaban J connectivity index is 1.32. The van der Waals surface area contributed by atoms with Gasteiger partial charge in [0.05, 0.1) is 6.04 Å². The van der Waals surface area contributed by atoms with Crippen LogP contribution in [-0.2, 0) is 4.79 Å². The lowest BCUT2D eigenvalue weighted by atomic mass is 9.89. The van der Waals surface area contributed by atoms with Gasteiger partial charge in [-0.1, -0.05) is 74.5 Å². The number of hydrogen-bond donors (Lipinski definition) is 3. The van der Waals surface area contributed by atoms with Gasteiger partial charge >= 0.3 is 0 Å². The molecule has 0 aliphatic carbocycles. The van der Waals surface area contributed by atoms with Crippen molar-refractivity contribution in [1.82, 2.24) is 10.2 Å². The van der Waals surface area contributed by atoms with E-state index >= 15 is 0 Å². The summed E-state index contributed by atoms with van der Waals surface area (Å²) in [4.78, 5) is 14.7. The van der Waals surface area contributed by atoms with Gasteiger partial charge in [-0.05, 0) is 92.3 Å². The van der Waals surface area contributed by atoms with Crippen molar-refractivity contribution >= 4 is 34.6 Å². The van der Waals surface area contributed by atoms with Crippen LogP contribution in [0.5, 0.6) is 0 Å². The number of nitrogens with zero attached hydrogens (tertiary/aromatic N) is 1. The molecular weight excluding hydrogens is 488 g/mol. The number of aryl methyl sites for hydroxylation is 1. The average molecular weight is 529 g/mol. The quantitative estimate of drug-likeness (QED) is 0.264. The van der Waals surface area contributed by atoms with Crippen molar-refractivity contribution in [2.75, 3.05) is 30.3 Å². The summed E-state index contributed by atoms with van der Waals surface area (Å²) in [6, 6.07) is 27.3. The maximum atomic E-state index is 12.1. The number of piperidine rings is 1. The van der Waals surface area contributed by atoms with Crippen molar-refractivity contribution in [3.63, 3.8) is 0 Å². The zero-order valence-corrected chi connectivity index (χ0v) is 23.6. The highest BCUT2D eigenvalue weighted by atomic mass is 32.1. The van der Waals surface area contributed by atoms with Crippen LogP contribution in [0.2, 0.25) is 0 Å². The fourth-order valence-electron chi connectivity index (χ4n) is 5.00. The first-order valence-electron chi connectivity index (χ1n) is 13.7. The predicted molar refractivity (Wildman–Crippen MR) is 163 cm³/mol. The van der Waals surface area contributed by atoms with Gasteiger partial charge in [-0.25, -0.2) is 0 Å². The SMILES string of the molecule is Cc1ccccc1NC(=S)N[C@@H](CCN1CCC(c2cccc(NC(=O)C(C)C)c2)CC1)c1ccccc1. The Morgan fingerprint density at radius 1 is 0.947 bits per heavy atom. The Morgan fingerprint density at radius 2 is 1.66 bits per heavy atom. The second-order valence-corrected chi connectivity index (χ2v) is 11.0. The monoisotopic (exact) mass is 528 g/mol. The van der Waals surface area contributed by atoms with E-state index in [4.69, 9.17) is 12.2 Å². The van der Waals surface area contributed by atoms with Gasteiger partial charge in [0.15, 0.2) is 5.11 Å². The molecule has 5 nitrogen and oxygen atoms in total. The van der Waals surface area contributed by atoms with E-state index in [-0.39, 0.29) is 17.9 Å². The zero-order chi connectivity index (χ0) is 26.9. The molecule has 1 aliphatic rings. The Bertz CT molecular complexity index is 1200. The normalized spacial score (nSPS) is 15.2. The molecule has 0 aromatic heterocycles. The number of hydrogen-bond acceptors (Lipinski definition) is 3. The van der Waals surface area contributed by atoms with Gasteiger partial charge in [0.25, 0.3) is 0 Å². The third-order valence-corrected chi connectivity index (χ3v) is 7.59. The van der Waals surface area contributed by atoms with Gasteiger partial charge in [0.1, 0.15) is 0 Å². The maximum absolute atomic E-state index is 12.1. The summed E-state index contributed by atoms with van der Waals surface area (Å²) in [7, 11) is 0. The fraction of sp³-hybridized carbons (Fsp3) is 0.375. The molecule has 3 N–H and O–H groups in total. The highest BCUT2D eigenvalue weighted by molar-refractivity contribution is 7.80. The van der Waals surface area contributed by atoms with Crippen LogP contribution in [0.1, 0.15) is 61.8 Å². The molecule has 0 spiro atoms. The van der Waals surface area contributed by atoms with Gasteiger partial charge in [-0.2, -0.15) is 0 Å². The molecule has 0 unspecified atom stereocenters. The number of carbonyl (C=O) groups is 1. The van der Waals surface area contributed by atoms with Gasteiger partial charge in [-0.15, -0.1) is 0 Å². The minimum absolute atomic E-state index is 0.0244. The van der Waals surface area contributed by atoms with Gasteiger partial charge in [0.2, 0.25) is 5.91 Å². The average Bonchev–Trinajstić information content (AvgIpc) is 2.93. The zero-order valence-electron chi connectivity index (χ0n) is 22.7. The predicted octanol–water partition coefficient (Wildman–Crippen LogP) is 6.89. The second-order valence-electron chi connectivity index (χ2n) is 10.6. The number of para-hydroxylation sites is 1. The van der Waals surface area contributed by atoms with E-state index in [2.05, 4.69) is 88.4 Å². The van der Waals surface area contributed by atoms with Crippen molar-refractivity contribution in [2.24, 2.45) is 5.92 Å². The lowest BCUT2D eigenvalue weighted by Gasteiger charge is -2.33. The van der Waals surface area contributed by atoms with Gasteiger partial charge < -0.3 is 20.9 Å². The Kier molecular flexibility index (Phi) is 9.91. The van der Waals surface area contributed by atoms with Crippen molar-refractivity contribution in [1.29, 1.82) is 0 Å². The number of thiocarbonyl (C=S) groups is 1. The topological polar surface area (TPSA) is 56.4 Å². The summed E-state index contributed by atoms with van der Waals surface area (Å²) in [6.07, 6.45) is 3.22. The standard InChI is InChI=1S/C32H40N4OS/c1-23(2)31(37)33-28-14-9-13-27(22-28)25-16-19-36(20-17-25)21-18-30(26-11-5-4-6-12-26)35-32(38)34-29-15-8-7-10-24(29)3/h4-15,22-23,25,30H,16-21H2,1-3H3,(H,33,37)(H2,34,35,38)/t30-/m0/s1. The molecule has 0 saturated carbocycles. The van der Waals surface area contributed by atoms with Gasteiger partial charge in [0, 0.05) is 23.8 Å². The molecule has 38 heavy (non-hydrogen) atoms. The van der Waals surface area contributed by atoms with Crippen LogP contribution < -0.4 is 16.0 Å². The number of nitrogens with one attached hydrogen (secondary N) is 3. The van der Waals surface area contributed by atoms with Crippen LogP contribution in [0.15, 0.2) is 78.9 Å². The summed E-state index contributed by atoms with van der Waals surface area (Å²) >= 11 is 5.70. The van der Waals surface area contributed by atoms with Crippen molar-refractivity contribution < 1.29 is 4.79 Å². The van der Waals surface area contributed by atoms with E-state index in [0.717, 1.165) is 50.3 Å². The number of likely N-dealkylation sites (tertiary alicyclic amines) is 1. The first-order chi connectivity index (χ1) is 18.4. The number of anilines is 2. The first-order valence-corrected chi connectivity index (χ1v) is 14.1. The highest BCUT2D eigenvalue weighted by Gasteiger charge is 2.22. The number of carbonyl (C=O) groups excluding carboxylic acids is 1. The fourth-order valence-corrected chi connectivity index (χ4v) is 5.25. The second kappa shape index (κ2) is 13.5. The molecule has 6 heteroatoms. The Morgan fingerprint density at radius 3 is 2.37 bits per heavy atom. The molecule has 0 radical (unpaired) electrons. The molecule has 4 rings (SSSR count). The van der Waals surface area contributed by atoms with E-state index in [1.165, 1.54) is 16.7 Å². The smallest absolute Gasteiger partial charge is 0.226 e. The molecule has 0 bridgehead atoms. The van der Waals surface area contributed by atoms with E-state index in [1.54, 1.807) is 0 Å². The van der Waals surface area contributed by atoms with Crippen molar-refractivity contribution in [3.8, 4) is 0 Å². The van der Waals surface area contributed by atoms with Crippen LogP contribution in [0.3, 0.4) is 0 Å². The third kappa shape index (κ3) is 7.89. The minimum atomic E-state index is -0.0244. The van der Waals surface area contributed by atoms with E-state index in [9.17, 15) is 4.79 Å². The van der Waals surface area contributed by atoms with Crippen molar-refractivity contribution in [2.45, 2.75) is 52.0 Å². The summed E-state index contributed by atoms with van der Waals surface area (Å²) in [5.74, 6) is 0.562. The van der Waals surface area contributed by atoms with Crippen molar-refractivity contribution in [3.05, 3.63) is 95.6 Å². The molecule has 1 fully saturated rings. The molecule has 1 heterocycles. The van der Waals surface area contributed by atoms with E-state index in [1.807, 2.05) is 32.0 Å². The summed E-state index contributed by atoms with van der Waals surface area (Å²) in [6.45, 7) is 9.07. The summed E-state index contributed by atoms with van der Waals surface area (Å²) < 4.78 is 0. The first kappa shape index (κ1) is 27.8. The van der Waals surface area contributed by atoms with Gasteiger partial charge in [-0.3, -0.25) is 4.79 Å². The summed E-state index contributed by atoms with van der Waals surface area (Å²) in [5.41, 5.74) is 5.67. The third-order valence-electron chi connectivity index (χ3n) is 7.37. The molecule has 3 aromatic carbocycles. The Hall–Kier alpha value is -3.22. The molecule has 200 valence electrons. The Labute approximate surface area is 233 Å². The molecule has 1 saturated heterocycles. The van der Waals surface area contributed by atoms with Crippen LogP contribution in [0.25, 0.3) is 0 Å². The van der Waals surface area contributed by atoms with E-state index < -0.39 is 0 Å². The number of rotatable bonds is 9. The number of amides is 1. The lowest BCUT2D eigenvalue weighted by Crippen LogP contribution is -2.37. The largest absolute Gasteiger partial charge is 0.356 e. The molecule has 1 aliphatic heterocycles. The maximum Gasteiger partial charge on any atom is 0.226 e. The summed E-state index contributed by atoms with van der Waals surface area (Å²) in [5, 5.41) is 10.6. The lowest BCUT2D eigenvalue weighted by molar-refractivity contribution is -0.118. The molecule has 1 atom stereocenters. The van der Waals surface area contributed by atoms with E-state index in [0.29, 0.717) is 11.0 Å². The molecule has 1 amide bonds. The van der Waals surface area contributed by atoms with Crippen LogP contribution in [0.4, 0.5) is 11.4 Å². The van der Waals surface area contributed by atoms with Crippen LogP contribution >= 0.6 is 12.2 Å². The van der Waals surface area contributed by atoms with Crippen LogP contribution in [0, 0.1) is 12.8 Å². The molecular formula is C32H40N4OS. The minimum Gasteiger partial charge on any atom is -0.356 e. The molecule has 3 aromatic rings. The van der Waals surface area contributed by atoms with Crippen LogP contribution in [-0.4, -0.2) is 35.6 Å². The highest BCUT2D eigenvalue weighted by Crippen LogP contribution is 2.30. The number of benzene rings is 3.